The molecule has 3 rings (SSSR count). The molecule has 1 aliphatic heterocycles. The van der Waals surface area contributed by atoms with E-state index in [1.54, 1.807) is 11.0 Å². The second-order valence-electron chi connectivity index (χ2n) is 6.24. The first kappa shape index (κ1) is 16.8. The quantitative estimate of drug-likeness (QED) is 0.870. The molecule has 0 spiro atoms. The molecule has 24 heavy (non-hydrogen) atoms. The van der Waals surface area contributed by atoms with Crippen LogP contribution in [0.1, 0.15) is 18.4 Å². The normalized spacial score (nSPS) is 17.2. The molecule has 1 fully saturated rings. The summed E-state index contributed by atoms with van der Waals surface area (Å²) in [5, 5.41) is 7.79. The van der Waals surface area contributed by atoms with Crippen LogP contribution >= 0.6 is 11.6 Å². The Hall–Kier alpha value is -2.08. The topological polar surface area (TPSA) is 63.1 Å². The number of hydrogen-bond donors (Lipinski definition) is 1. The fraction of sp³-hybridized carbons (Fsp3) is 0.471. The van der Waals surface area contributed by atoms with Crippen molar-refractivity contribution in [3.63, 3.8) is 0 Å². The molecule has 1 aromatic carbocycles. The molecule has 1 amide bonds. The second-order valence-corrected chi connectivity index (χ2v) is 6.68. The summed E-state index contributed by atoms with van der Waals surface area (Å²) in [6, 6.07) is 6.00. The van der Waals surface area contributed by atoms with Crippen LogP contribution in [0.4, 0.5) is 5.69 Å². The number of halogens is 1. The molecular weight excluding hydrogens is 326 g/mol. The molecule has 1 N–H and O–H groups in total. The highest BCUT2D eigenvalue weighted by Gasteiger charge is 2.24. The van der Waals surface area contributed by atoms with Crippen molar-refractivity contribution in [2.24, 2.45) is 5.92 Å². The molecule has 2 aromatic rings. The van der Waals surface area contributed by atoms with Crippen molar-refractivity contribution in [2.75, 3.05) is 24.5 Å². The van der Waals surface area contributed by atoms with Gasteiger partial charge in [-0.05, 0) is 37.0 Å². The number of benzene rings is 1. The average Bonchev–Trinajstić information content (AvgIpc) is 3.24. The van der Waals surface area contributed by atoms with Crippen LogP contribution in [0.5, 0.6) is 0 Å². The molecule has 2 heterocycles. The largest absolute Gasteiger partial charge is 0.371 e. The minimum atomic E-state index is 0.0582. The molecule has 1 aromatic heterocycles. The maximum Gasteiger partial charge on any atom is 0.221 e. The molecule has 0 unspecified atom stereocenters. The van der Waals surface area contributed by atoms with Gasteiger partial charge in [-0.25, -0.2) is 4.98 Å². The SMILES string of the molecule is Cc1ccc(Cl)cc1N1CC[C@H](CNC(=O)CCn2cncn2)C1. The Morgan fingerprint density at radius 1 is 1.46 bits per heavy atom. The van der Waals surface area contributed by atoms with E-state index in [2.05, 4.69) is 33.3 Å². The molecule has 128 valence electrons. The van der Waals surface area contributed by atoms with Gasteiger partial charge in [0.2, 0.25) is 5.91 Å². The van der Waals surface area contributed by atoms with Crippen molar-refractivity contribution in [3.05, 3.63) is 41.4 Å². The van der Waals surface area contributed by atoms with Gasteiger partial charge in [-0.1, -0.05) is 17.7 Å². The van der Waals surface area contributed by atoms with Crippen LogP contribution in [0.2, 0.25) is 5.02 Å². The van der Waals surface area contributed by atoms with Crippen LogP contribution in [-0.4, -0.2) is 40.3 Å². The number of hydrogen-bond acceptors (Lipinski definition) is 4. The van der Waals surface area contributed by atoms with Gasteiger partial charge in [0, 0.05) is 36.8 Å². The Morgan fingerprint density at radius 2 is 2.33 bits per heavy atom. The molecule has 7 heteroatoms. The smallest absolute Gasteiger partial charge is 0.221 e. The number of carbonyl (C=O) groups is 1. The van der Waals surface area contributed by atoms with E-state index in [9.17, 15) is 4.79 Å². The minimum absolute atomic E-state index is 0.0582. The third-order valence-corrected chi connectivity index (χ3v) is 4.66. The van der Waals surface area contributed by atoms with Gasteiger partial charge in [0.15, 0.2) is 0 Å². The molecule has 1 saturated heterocycles. The van der Waals surface area contributed by atoms with E-state index in [1.807, 2.05) is 12.1 Å². The molecule has 0 saturated carbocycles. The van der Waals surface area contributed by atoms with Crippen LogP contribution < -0.4 is 10.2 Å². The third-order valence-electron chi connectivity index (χ3n) is 4.42. The van der Waals surface area contributed by atoms with Crippen molar-refractivity contribution in [2.45, 2.75) is 26.3 Å². The zero-order valence-electron chi connectivity index (χ0n) is 13.8. The Bertz CT molecular complexity index is 688. The van der Waals surface area contributed by atoms with Gasteiger partial charge in [0.25, 0.3) is 0 Å². The Kier molecular flexibility index (Phi) is 5.35. The molecule has 0 bridgehead atoms. The predicted octanol–water partition coefficient (Wildman–Crippen LogP) is 2.27. The van der Waals surface area contributed by atoms with Gasteiger partial charge < -0.3 is 10.2 Å². The van der Waals surface area contributed by atoms with E-state index in [1.165, 1.54) is 17.6 Å². The van der Waals surface area contributed by atoms with Crippen LogP contribution in [0.25, 0.3) is 0 Å². The fourth-order valence-corrected chi connectivity index (χ4v) is 3.22. The first-order chi connectivity index (χ1) is 11.6. The summed E-state index contributed by atoms with van der Waals surface area (Å²) in [7, 11) is 0. The Labute approximate surface area is 146 Å². The van der Waals surface area contributed by atoms with Crippen LogP contribution in [0.15, 0.2) is 30.9 Å². The monoisotopic (exact) mass is 347 g/mol. The zero-order chi connectivity index (χ0) is 16.9. The first-order valence-electron chi connectivity index (χ1n) is 8.22. The van der Waals surface area contributed by atoms with E-state index in [-0.39, 0.29) is 5.91 Å². The highest BCUT2D eigenvalue weighted by atomic mass is 35.5. The van der Waals surface area contributed by atoms with Crippen molar-refractivity contribution >= 4 is 23.2 Å². The summed E-state index contributed by atoms with van der Waals surface area (Å²) >= 11 is 6.12. The van der Waals surface area contributed by atoms with Gasteiger partial charge in [0.1, 0.15) is 12.7 Å². The summed E-state index contributed by atoms with van der Waals surface area (Å²) in [6.45, 7) is 5.33. The second kappa shape index (κ2) is 7.66. The lowest BCUT2D eigenvalue weighted by molar-refractivity contribution is -0.121. The number of rotatable bonds is 6. The van der Waals surface area contributed by atoms with E-state index < -0.39 is 0 Å². The molecule has 1 aliphatic rings. The summed E-state index contributed by atoms with van der Waals surface area (Å²) in [6.07, 6.45) is 4.60. The van der Waals surface area contributed by atoms with Crippen molar-refractivity contribution < 1.29 is 4.79 Å². The number of anilines is 1. The number of amides is 1. The minimum Gasteiger partial charge on any atom is -0.371 e. The summed E-state index contributed by atoms with van der Waals surface area (Å²) in [4.78, 5) is 18.2. The number of aryl methyl sites for hydroxylation is 2. The Balaban J connectivity index is 1.44. The van der Waals surface area contributed by atoms with Gasteiger partial charge in [0.05, 0.1) is 6.54 Å². The number of nitrogens with one attached hydrogen (secondary N) is 1. The molecular formula is C17H22ClN5O. The number of aromatic nitrogens is 3. The van der Waals surface area contributed by atoms with Crippen LogP contribution in [0, 0.1) is 12.8 Å². The highest BCUT2D eigenvalue weighted by molar-refractivity contribution is 6.30. The third kappa shape index (κ3) is 4.26. The van der Waals surface area contributed by atoms with Gasteiger partial charge in [-0.3, -0.25) is 9.48 Å². The maximum atomic E-state index is 11.9. The maximum absolute atomic E-state index is 11.9. The first-order valence-corrected chi connectivity index (χ1v) is 8.60. The fourth-order valence-electron chi connectivity index (χ4n) is 3.05. The van der Waals surface area contributed by atoms with E-state index in [0.29, 0.717) is 25.4 Å². The molecule has 0 radical (unpaired) electrons. The van der Waals surface area contributed by atoms with E-state index in [4.69, 9.17) is 11.6 Å². The van der Waals surface area contributed by atoms with Gasteiger partial charge in [-0.15, -0.1) is 0 Å². The lowest BCUT2D eigenvalue weighted by atomic mass is 10.1. The summed E-state index contributed by atoms with van der Waals surface area (Å²) < 4.78 is 1.67. The van der Waals surface area contributed by atoms with E-state index >= 15 is 0 Å². The van der Waals surface area contributed by atoms with Crippen LogP contribution in [-0.2, 0) is 11.3 Å². The molecule has 0 aliphatic carbocycles. The lowest BCUT2D eigenvalue weighted by Crippen LogP contribution is -2.31. The zero-order valence-corrected chi connectivity index (χ0v) is 14.5. The summed E-state index contributed by atoms with van der Waals surface area (Å²) in [5.41, 5.74) is 2.43. The van der Waals surface area contributed by atoms with Crippen molar-refractivity contribution in [1.29, 1.82) is 0 Å². The van der Waals surface area contributed by atoms with Crippen molar-refractivity contribution in [3.8, 4) is 0 Å². The molecule has 6 nitrogen and oxygen atoms in total. The lowest BCUT2D eigenvalue weighted by Gasteiger charge is -2.21. The average molecular weight is 348 g/mol. The number of carbonyl (C=O) groups excluding carboxylic acids is 1. The standard InChI is InChI=1S/C17H22ClN5O/c1-13-2-3-15(18)8-16(13)22-6-4-14(10-22)9-20-17(24)5-7-23-12-19-11-21-23/h2-3,8,11-12,14H,4-7,9-10H2,1H3,(H,20,24)/t14-/m1/s1. The molecule has 1 atom stereocenters. The Morgan fingerprint density at radius 3 is 3.12 bits per heavy atom. The predicted molar refractivity (Wildman–Crippen MR) is 94.2 cm³/mol. The van der Waals surface area contributed by atoms with E-state index in [0.717, 1.165) is 24.5 Å². The highest BCUT2D eigenvalue weighted by Crippen LogP contribution is 2.29. The van der Waals surface area contributed by atoms with Crippen molar-refractivity contribution in [1.82, 2.24) is 20.1 Å². The van der Waals surface area contributed by atoms with Gasteiger partial charge in [-0.2, -0.15) is 5.10 Å². The van der Waals surface area contributed by atoms with Gasteiger partial charge >= 0.3 is 0 Å². The van der Waals surface area contributed by atoms with Crippen LogP contribution in [0.3, 0.4) is 0 Å². The number of nitrogens with zero attached hydrogens (tertiary/aromatic N) is 4. The summed E-state index contributed by atoms with van der Waals surface area (Å²) in [5.74, 6) is 0.529.